The zero-order valence-corrected chi connectivity index (χ0v) is 10.2. The normalized spacial score (nSPS) is 20.3. The van der Waals surface area contributed by atoms with Crippen molar-refractivity contribution in [2.45, 2.75) is 18.8 Å². The van der Waals surface area contributed by atoms with Crippen LogP contribution in [0.15, 0.2) is 24.4 Å². The second-order valence-corrected chi connectivity index (χ2v) is 4.46. The van der Waals surface area contributed by atoms with Crippen LogP contribution in [0, 0.1) is 0 Å². The number of rotatable bonds is 3. The highest BCUT2D eigenvalue weighted by Crippen LogP contribution is 2.25. The highest BCUT2D eigenvalue weighted by Gasteiger charge is 2.24. The highest BCUT2D eigenvalue weighted by molar-refractivity contribution is 5.78. The number of likely N-dealkylation sites (tertiary alicyclic amines) is 1. The smallest absolute Gasteiger partial charge is 0.236 e. The van der Waals surface area contributed by atoms with Crippen molar-refractivity contribution in [1.29, 1.82) is 0 Å². The third-order valence-electron chi connectivity index (χ3n) is 3.21. The average molecular weight is 233 g/mol. The molecule has 4 heteroatoms. The molecule has 1 aromatic heterocycles. The molecule has 1 aliphatic rings. The van der Waals surface area contributed by atoms with Gasteiger partial charge in [0.05, 0.1) is 6.54 Å². The Morgan fingerprint density at radius 2 is 2.47 bits per heavy atom. The number of piperidine rings is 1. The summed E-state index contributed by atoms with van der Waals surface area (Å²) in [6.07, 6.45) is 4.01. The van der Waals surface area contributed by atoms with Crippen molar-refractivity contribution in [3.05, 3.63) is 30.1 Å². The molecule has 0 aromatic carbocycles. The monoisotopic (exact) mass is 233 g/mol. The molecule has 1 N–H and O–H groups in total. The van der Waals surface area contributed by atoms with Gasteiger partial charge in [0.1, 0.15) is 0 Å². The van der Waals surface area contributed by atoms with Gasteiger partial charge < -0.3 is 10.2 Å². The lowest BCUT2D eigenvalue weighted by Gasteiger charge is -2.32. The van der Waals surface area contributed by atoms with Gasteiger partial charge in [-0.15, -0.1) is 0 Å². The van der Waals surface area contributed by atoms with Crippen LogP contribution < -0.4 is 5.32 Å². The molecule has 4 nitrogen and oxygen atoms in total. The number of carbonyl (C=O) groups excluding carboxylic acids is 1. The molecule has 0 aliphatic carbocycles. The van der Waals surface area contributed by atoms with Crippen molar-refractivity contribution >= 4 is 5.91 Å². The van der Waals surface area contributed by atoms with Gasteiger partial charge in [0.15, 0.2) is 0 Å². The Morgan fingerprint density at radius 3 is 3.18 bits per heavy atom. The summed E-state index contributed by atoms with van der Waals surface area (Å²) in [6, 6.07) is 5.99. The Morgan fingerprint density at radius 1 is 1.59 bits per heavy atom. The van der Waals surface area contributed by atoms with E-state index >= 15 is 0 Å². The van der Waals surface area contributed by atoms with Crippen LogP contribution in [-0.2, 0) is 4.79 Å². The third kappa shape index (κ3) is 3.03. The van der Waals surface area contributed by atoms with Crippen LogP contribution in [0.4, 0.5) is 0 Å². The van der Waals surface area contributed by atoms with Crippen LogP contribution in [0.2, 0.25) is 0 Å². The van der Waals surface area contributed by atoms with E-state index in [0.29, 0.717) is 12.5 Å². The van der Waals surface area contributed by atoms with Crippen molar-refractivity contribution in [2.24, 2.45) is 0 Å². The van der Waals surface area contributed by atoms with Gasteiger partial charge in [-0.05, 0) is 32.0 Å². The molecule has 1 aliphatic heterocycles. The predicted molar refractivity (Wildman–Crippen MR) is 66.7 cm³/mol. The van der Waals surface area contributed by atoms with Gasteiger partial charge in [-0.1, -0.05) is 6.07 Å². The van der Waals surface area contributed by atoms with Gasteiger partial charge in [-0.25, -0.2) is 0 Å². The van der Waals surface area contributed by atoms with Crippen LogP contribution in [0.5, 0.6) is 0 Å². The number of nitrogens with one attached hydrogen (secondary N) is 1. The van der Waals surface area contributed by atoms with Gasteiger partial charge in [-0.3, -0.25) is 9.78 Å². The maximum absolute atomic E-state index is 11.8. The molecule has 1 aromatic rings. The number of hydrogen-bond donors (Lipinski definition) is 1. The molecular weight excluding hydrogens is 214 g/mol. The lowest BCUT2D eigenvalue weighted by molar-refractivity contribution is -0.131. The minimum Gasteiger partial charge on any atom is -0.341 e. The van der Waals surface area contributed by atoms with E-state index in [1.807, 2.05) is 23.2 Å². The molecule has 17 heavy (non-hydrogen) atoms. The van der Waals surface area contributed by atoms with E-state index in [0.717, 1.165) is 31.6 Å². The van der Waals surface area contributed by atoms with Crippen molar-refractivity contribution < 1.29 is 4.79 Å². The predicted octanol–water partition coefficient (Wildman–Crippen LogP) is 1.01. The van der Waals surface area contributed by atoms with Crippen molar-refractivity contribution in [2.75, 3.05) is 26.7 Å². The Bertz CT molecular complexity index is 366. The maximum atomic E-state index is 11.8. The summed E-state index contributed by atoms with van der Waals surface area (Å²) in [5.41, 5.74) is 1.11. The molecule has 0 saturated carbocycles. The van der Waals surface area contributed by atoms with E-state index in [1.165, 1.54) is 0 Å². The number of aromatic nitrogens is 1. The Hall–Kier alpha value is -1.42. The SMILES string of the molecule is CNCC(=O)N1CCCC(c2ccccn2)C1. The number of amides is 1. The van der Waals surface area contributed by atoms with Crippen LogP contribution >= 0.6 is 0 Å². The van der Waals surface area contributed by atoms with Gasteiger partial charge >= 0.3 is 0 Å². The van der Waals surface area contributed by atoms with E-state index < -0.39 is 0 Å². The second kappa shape index (κ2) is 5.77. The lowest BCUT2D eigenvalue weighted by atomic mass is 9.94. The Kier molecular flexibility index (Phi) is 4.09. The second-order valence-electron chi connectivity index (χ2n) is 4.46. The van der Waals surface area contributed by atoms with Gasteiger partial charge in [0.2, 0.25) is 5.91 Å². The summed E-state index contributed by atoms with van der Waals surface area (Å²) in [5, 5.41) is 2.91. The minimum atomic E-state index is 0.188. The molecule has 1 atom stereocenters. The average Bonchev–Trinajstić information content (AvgIpc) is 2.40. The molecular formula is C13H19N3O. The van der Waals surface area contributed by atoms with Gasteiger partial charge in [-0.2, -0.15) is 0 Å². The first-order valence-electron chi connectivity index (χ1n) is 6.14. The van der Waals surface area contributed by atoms with Crippen LogP contribution in [0.25, 0.3) is 0 Å². The van der Waals surface area contributed by atoms with Crippen molar-refractivity contribution in [3.63, 3.8) is 0 Å². The standard InChI is InChI=1S/C13H19N3O/c1-14-9-13(17)16-8-4-5-11(10-16)12-6-2-3-7-15-12/h2-3,6-7,11,14H,4-5,8-10H2,1H3. The molecule has 0 spiro atoms. The van der Waals surface area contributed by atoms with Crippen LogP contribution in [-0.4, -0.2) is 42.5 Å². The molecule has 1 unspecified atom stereocenters. The number of hydrogen-bond acceptors (Lipinski definition) is 3. The number of nitrogens with zero attached hydrogens (tertiary/aromatic N) is 2. The van der Waals surface area contributed by atoms with Gasteiger partial charge in [0.25, 0.3) is 0 Å². The first-order chi connectivity index (χ1) is 8.31. The minimum absolute atomic E-state index is 0.188. The van der Waals surface area contributed by atoms with Crippen molar-refractivity contribution in [3.8, 4) is 0 Å². The molecule has 1 saturated heterocycles. The summed E-state index contributed by atoms with van der Waals surface area (Å²) in [5.74, 6) is 0.582. The fraction of sp³-hybridized carbons (Fsp3) is 0.538. The van der Waals surface area contributed by atoms with E-state index in [1.54, 1.807) is 7.05 Å². The number of likely N-dealkylation sites (N-methyl/N-ethyl adjacent to an activating group) is 1. The maximum Gasteiger partial charge on any atom is 0.236 e. The topological polar surface area (TPSA) is 45.2 Å². The van der Waals surface area contributed by atoms with Crippen LogP contribution in [0.3, 0.4) is 0 Å². The summed E-state index contributed by atoms with van der Waals surface area (Å²) in [7, 11) is 1.80. The zero-order valence-electron chi connectivity index (χ0n) is 10.2. The van der Waals surface area contributed by atoms with E-state index in [-0.39, 0.29) is 5.91 Å². The fourth-order valence-electron chi connectivity index (χ4n) is 2.33. The molecule has 1 fully saturated rings. The lowest BCUT2D eigenvalue weighted by Crippen LogP contribution is -2.43. The summed E-state index contributed by atoms with van der Waals surface area (Å²) in [4.78, 5) is 18.2. The Labute approximate surface area is 102 Å². The first kappa shape index (κ1) is 12.0. The molecule has 92 valence electrons. The van der Waals surface area contributed by atoms with Crippen molar-refractivity contribution in [1.82, 2.24) is 15.2 Å². The molecule has 2 heterocycles. The fourth-order valence-corrected chi connectivity index (χ4v) is 2.33. The summed E-state index contributed by atoms with van der Waals surface area (Å²) in [6.45, 7) is 2.11. The quantitative estimate of drug-likeness (QED) is 0.847. The molecule has 2 rings (SSSR count). The van der Waals surface area contributed by atoms with Gasteiger partial charge in [0, 0.05) is 30.9 Å². The van der Waals surface area contributed by atoms with E-state index in [2.05, 4.69) is 16.4 Å². The molecule has 0 radical (unpaired) electrons. The first-order valence-corrected chi connectivity index (χ1v) is 6.14. The number of carbonyl (C=O) groups is 1. The largest absolute Gasteiger partial charge is 0.341 e. The van der Waals surface area contributed by atoms with E-state index in [4.69, 9.17) is 0 Å². The van der Waals surface area contributed by atoms with E-state index in [9.17, 15) is 4.79 Å². The Balaban J connectivity index is 2.00. The molecule has 1 amide bonds. The highest BCUT2D eigenvalue weighted by atomic mass is 16.2. The molecule has 0 bridgehead atoms. The van der Waals surface area contributed by atoms with Crippen LogP contribution in [0.1, 0.15) is 24.5 Å². The number of pyridine rings is 1. The summed E-state index contributed by atoms with van der Waals surface area (Å²) < 4.78 is 0. The zero-order chi connectivity index (χ0) is 12.1. The third-order valence-corrected chi connectivity index (χ3v) is 3.21. The summed E-state index contributed by atoms with van der Waals surface area (Å²) >= 11 is 0.